The predicted molar refractivity (Wildman–Crippen MR) is 79.7 cm³/mol. The average molecular weight is 301 g/mol. The van der Waals surface area contributed by atoms with Gasteiger partial charge < -0.3 is 15.2 Å². The zero-order valence-corrected chi connectivity index (χ0v) is 12.7. The molecule has 3 heterocycles. The second-order valence-electron chi connectivity index (χ2n) is 5.45. The Morgan fingerprint density at radius 1 is 1.50 bits per heavy atom. The van der Waals surface area contributed by atoms with Gasteiger partial charge in [-0.2, -0.15) is 0 Å². The highest BCUT2D eigenvalue weighted by molar-refractivity contribution is 5.78. The van der Waals surface area contributed by atoms with E-state index in [0.29, 0.717) is 11.6 Å². The molecule has 1 aliphatic heterocycles. The second kappa shape index (κ2) is 5.84. The van der Waals surface area contributed by atoms with E-state index in [9.17, 15) is 4.79 Å². The number of hydrogen-bond acceptors (Lipinski definition) is 6. The van der Waals surface area contributed by atoms with Crippen LogP contribution in [0.15, 0.2) is 16.8 Å². The van der Waals surface area contributed by atoms with E-state index in [4.69, 9.17) is 10.3 Å². The minimum Gasteiger partial charge on any atom is -0.361 e. The number of nitrogens with zero attached hydrogens (tertiary/aromatic N) is 4. The Labute approximate surface area is 128 Å². The van der Waals surface area contributed by atoms with Gasteiger partial charge in [0.15, 0.2) is 5.82 Å². The zero-order valence-electron chi connectivity index (χ0n) is 12.7. The number of likely N-dealkylation sites (tertiary alicyclic amines) is 1. The molecule has 0 saturated carbocycles. The molecule has 0 aliphatic carbocycles. The van der Waals surface area contributed by atoms with Crippen LogP contribution in [0.3, 0.4) is 0 Å². The van der Waals surface area contributed by atoms with Crippen molar-refractivity contribution in [2.24, 2.45) is 5.73 Å². The Balaban J connectivity index is 1.96. The van der Waals surface area contributed by atoms with Crippen LogP contribution < -0.4 is 5.73 Å². The van der Waals surface area contributed by atoms with E-state index in [1.807, 2.05) is 19.9 Å². The van der Waals surface area contributed by atoms with Gasteiger partial charge in [-0.05, 0) is 32.8 Å². The Morgan fingerprint density at radius 2 is 2.32 bits per heavy atom. The van der Waals surface area contributed by atoms with Crippen LogP contribution in [0.2, 0.25) is 0 Å². The van der Waals surface area contributed by atoms with Crippen molar-refractivity contribution in [3.05, 3.63) is 29.4 Å². The van der Waals surface area contributed by atoms with Gasteiger partial charge in [-0.15, -0.1) is 0 Å². The lowest BCUT2D eigenvalue weighted by molar-refractivity contribution is -0.130. The largest absolute Gasteiger partial charge is 0.361 e. The first-order valence-electron chi connectivity index (χ1n) is 7.37. The summed E-state index contributed by atoms with van der Waals surface area (Å²) in [5, 5.41) is 3.94. The topological polar surface area (TPSA) is 98.1 Å². The van der Waals surface area contributed by atoms with E-state index in [1.165, 1.54) is 0 Å². The van der Waals surface area contributed by atoms with Crippen molar-refractivity contribution in [1.82, 2.24) is 20.0 Å². The number of nitrogens with two attached hydrogens (primary N) is 1. The first-order valence-corrected chi connectivity index (χ1v) is 7.37. The molecule has 0 aromatic carbocycles. The summed E-state index contributed by atoms with van der Waals surface area (Å²) < 4.78 is 5.18. The monoisotopic (exact) mass is 301 g/mol. The van der Waals surface area contributed by atoms with Crippen molar-refractivity contribution < 1.29 is 9.32 Å². The lowest BCUT2D eigenvalue weighted by Gasteiger charge is -2.23. The normalized spacial score (nSPS) is 18.0. The van der Waals surface area contributed by atoms with Gasteiger partial charge in [-0.1, -0.05) is 5.16 Å². The fraction of sp³-hybridized carbons (Fsp3) is 0.467. The summed E-state index contributed by atoms with van der Waals surface area (Å²) in [7, 11) is 0. The minimum atomic E-state index is -0.0417. The van der Waals surface area contributed by atoms with Gasteiger partial charge in [0.1, 0.15) is 5.76 Å². The average Bonchev–Trinajstić information content (AvgIpc) is 3.14. The number of rotatable bonds is 3. The van der Waals surface area contributed by atoms with Crippen molar-refractivity contribution >= 4 is 5.91 Å². The molecule has 7 heteroatoms. The van der Waals surface area contributed by atoms with Gasteiger partial charge in [-0.25, -0.2) is 9.97 Å². The molecule has 3 rings (SSSR count). The van der Waals surface area contributed by atoms with Crippen molar-refractivity contribution in [3.8, 4) is 11.4 Å². The molecular weight excluding hydrogens is 282 g/mol. The molecule has 116 valence electrons. The summed E-state index contributed by atoms with van der Waals surface area (Å²) in [4.78, 5) is 22.7. The van der Waals surface area contributed by atoms with Crippen LogP contribution in [-0.2, 0) is 4.79 Å². The van der Waals surface area contributed by atoms with Gasteiger partial charge in [0.25, 0.3) is 0 Å². The lowest BCUT2D eigenvalue weighted by Crippen LogP contribution is -2.35. The molecule has 22 heavy (non-hydrogen) atoms. The highest BCUT2D eigenvalue weighted by Crippen LogP contribution is 2.32. The summed E-state index contributed by atoms with van der Waals surface area (Å²) >= 11 is 0. The molecular formula is C15H19N5O2. The van der Waals surface area contributed by atoms with E-state index in [1.54, 1.807) is 11.1 Å². The lowest BCUT2D eigenvalue weighted by atomic mass is 10.1. The molecule has 1 aliphatic rings. The molecule has 0 unspecified atom stereocenters. The summed E-state index contributed by atoms with van der Waals surface area (Å²) in [5.41, 5.74) is 7.91. The van der Waals surface area contributed by atoms with E-state index >= 15 is 0 Å². The van der Waals surface area contributed by atoms with E-state index < -0.39 is 0 Å². The van der Waals surface area contributed by atoms with Crippen LogP contribution in [0.5, 0.6) is 0 Å². The first kappa shape index (κ1) is 14.6. The molecule has 2 aromatic rings. The van der Waals surface area contributed by atoms with Crippen LogP contribution in [0.25, 0.3) is 11.4 Å². The number of aryl methyl sites for hydroxylation is 2. The molecule has 1 atom stereocenters. The van der Waals surface area contributed by atoms with Crippen LogP contribution in [0.1, 0.15) is 36.0 Å². The SMILES string of the molecule is Cc1noc(C)c1-c1nccc([C@H]2CCCN2C(=O)CN)n1. The third-order valence-corrected chi connectivity index (χ3v) is 4.02. The number of carbonyl (C=O) groups is 1. The summed E-state index contributed by atoms with van der Waals surface area (Å²) in [5.74, 6) is 1.23. The molecule has 1 amide bonds. The first-order chi connectivity index (χ1) is 10.6. The van der Waals surface area contributed by atoms with Crippen molar-refractivity contribution in [2.75, 3.05) is 13.1 Å². The van der Waals surface area contributed by atoms with Crippen molar-refractivity contribution in [3.63, 3.8) is 0 Å². The van der Waals surface area contributed by atoms with Crippen molar-refractivity contribution in [1.29, 1.82) is 0 Å². The van der Waals surface area contributed by atoms with E-state index in [2.05, 4.69) is 15.1 Å². The third kappa shape index (κ3) is 2.48. The van der Waals surface area contributed by atoms with Crippen LogP contribution in [0.4, 0.5) is 0 Å². The third-order valence-electron chi connectivity index (χ3n) is 4.02. The number of aromatic nitrogens is 3. The summed E-state index contributed by atoms with van der Waals surface area (Å²) in [6, 6.07) is 1.83. The molecule has 2 N–H and O–H groups in total. The maximum absolute atomic E-state index is 12.0. The predicted octanol–water partition coefficient (Wildman–Crippen LogP) is 1.37. The minimum absolute atomic E-state index is 0.0261. The Morgan fingerprint density at radius 3 is 3.00 bits per heavy atom. The number of amides is 1. The van der Waals surface area contributed by atoms with Gasteiger partial charge in [0.05, 0.1) is 29.5 Å². The van der Waals surface area contributed by atoms with Crippen molar-refractivity contribution in [2.45, 2.75) is 32.7 Å². The van der Waals surface area contributed by atoms with Gasteiger partial charge >= 0.3 is 0 Å². The maximum atomic E-state index is 12.0. The van der Waals surface area contributed by atoms with E-state index in [-0.39, 0.29) is 18.5 Å². The Bertz CT molecular complexity index is 677. The summed E-state index contributed by atoms with van der Waals surface area (Å²) in [6.07, 6.45) is 3.57. The molecule has 0 radical (unpaired) electrons. The van der Waals surface area contributed by atoms with Gasteiger partial charge in [0, 0.05) is 12.7 Å². The molecule has 0 spiro atoms. The molecule has 0 bridgehead atoms. The standard InChI is InChI=1S/C15H19N5O2/c1-9-14(10(2)22-19-9)15-17-6-5-11(18-15)12-4-3-7-20(12)13(21)8-16/h5-6,12H,3-4,7-8,16H2,1-2H3/t12-/m1/s1. The fourth-order valence-electron chi connectivity index (χ4n) is 2.97. The number of carbonyl (C=O) groups excluding carboxylic acids is 1. The Hall–Kier alpha value is -2.28. The molecule has 1 fully saturated rings. The number of hydrogen-bond donors (Lipinski definition) is 1. The quantitative estimate of drug-likeness (QED) is 0.919. The van der Waals surface area contributed by atoms with E-state index in [0.717, 1.165) is 36.3 Å². The molecule has 2 aromatic heterocycles. The Kier molecular flexibility index (Phi) is 3.89. The van der Waals surface area contributed by atoms with Crippen LogP contribution in [-0.4, -0.2) is 39.0 Å². The fourth-order valence-corrected chi connectivity index (χ4v) is 2.97. The zero-order chi connectivity index (χ0) is 15.7. The molecule has 1 saturated heterocycles. The smallest absolute Gasteiger partial charge is 0.236 e. The van der Waals surface area contributed by atoms with Crippen LogP contribution in [0, 0.1) is 13.8 Å². The second-order valence-corrected chi connectivity index (χ2v) is 5.45. The molecule has 7 nitrogen and oxygen atoms in total. The van der Waals surface area contributed by atoms with Gasteiger partial charge in [-0.3, -0.25) is 4.79 Å². The maximum Gasteiger partial charge on any atom is 0.236 e. The highest BCUT2D eigenvalue weighted by atomic mass is 16.5. The highest BCUT2D eigenvalue weighted by Gasteiger charge is 2.30. The van der Waals surface area contributed by atoms with Gasteiger partial charge in [0.2, 0.25) is 5.91 Å². The summed E-state index contributed by atoms with van der Waals surface area (Å²) in [6.45, 7) is 4.45. The van der Waals surface area contributed by atoms with Crippen LogP contribution >= 0.6 is 0 Å².